The molecule has 2 aromatic rings. The molecular formula is C42H66N2O12. The average molecular weight is 791 g/mol. The number of aliphatic hydroxyl groups is 2. The second-order valence-corrected chi connectivity index (χ2v) is 13.9. The van der Waals surface area contributed by atoms with Gasteiger partial charge in [0.1, 0.15) is 36.9 Å². The van der Waals surface area contributed by atoms with Gasteiger partial charge in [0.25, 0.3) is 0 Å². The third-order valence-electron chi connectivity index (χ3n) is 7.88. The summed E-state index contributed by atoms with van der Waals surface area (Å²) in [5, 5.41) is 41.9. The van der Waals surface area contributed by atoms with E-state index in [4.69, 9.17) is 29.2 Å². The van der Waals surface area contributed by atoms with Gasteiger partial charge in [-0.25, -0.2) is 9.59 Å². The van der Waals surface area contributed by atoms with Crippen LogP contribution in [-0.2, 0) is 32.3 Å². The second kappa shape index (κ2) is 29.1. The Kier molecular flexibility index (Phi) is 26.9. The fraction of sp³-hybridized carbons (Fsp3) is 0.571. The summed E-state index contributed by atoms with van der Waals surface area (Å²) in [6.45, 7) is 21.4. The minimum absolute atomic E-state index is 0.00695. The molecule has 0 spiro atoms. The first-order valence-electron chi connectivity index (χ1n) is 19.0. The molecule has 316 valence electrons. The van der Waals surface area contributed by atoms with E-state index in [2.05, 4.69) is 24.5 Å². The molecule has 0 saturated heterocycles. The SMILES string of the molecule is CCC(C)OCc1cc(C(C)=O)ccc1OCC(O)CNC(C)C.CCC(C)OCc1cc(C(C)=O)ccc1OCC(O)CNC(C)C.O=C(O)/C=C/C(=O)O. The molecule has 4 unspecified atom stereocenters. The van der Waals surface area contributed by atoms with Crippen LogP contribution < -0.4 is 20.1 Å². The Morgan fingerprint density at radius 1 is 0.625 bits per heavy atom. The van der Waals surface area contributed by atoms with Crippen LogP contribution in [0, 0.1) is 0 Å². The highest BCUT2D eigenvalue weighted by Crippen LogP contribution is 2.24. The number of carboxylic acids is 2. The van der Waals surface area contributed by atoms with Gasteiger partial charge in [-0.1, -0.05) is 41.5 Å². The van der Waals surface area contributed by atoms with Crippen LogP contribution in [0.15, 0.2) is 48.6 Å². The number of ketones is 2. The maximum Gasteiger partial charge on any atom is 0.328 e. The van der Waals surface area contributed by atoms with Crippen LogP contribution in [0.25, 0.3) is 0 Å². The fourth-order valence-electron chi connectivity index (χ4n) is 4.18. The van der Waals surface area contributed by atoms with Gasteiger partial charge >= 0.3 is 11.9 Å². The van der Waals surface area contributed by atoms with E-state index in [1.807, 2.05) is 41.5 Å². The van der Waals surface area contributed by atoms with Crippen LogP contribution in [0.2, 0.25) is 0 Å². The van der Waals surface area contributed by atoms with Crippen molar-refractivity contribution in [3.63, 3.8) is 0 Å². The largest absolute Gasteiger partial charge is 0.490 e. The van der Waals surface area contributed by atoms with Gasteiger partial charge in [0.15, 0.2) is 11.6 Å². The molecule has 0 aliphatic rings. The maximum absolute atomic E-state index is 11.6. The number of hydrogen-bond acceptors (Lipinski definition) is 12. The van der Waals surface area contributed by atoms with E-state index in [0.717, 1.165) is 24.0 Å². The van der Waals surface area contributed by atoms with Gasteiger partial charge in [-0.2, -0.15) is 0 Å². The molecule has 56 heavy (non-hydrogen) atoms. The fourth-order valence-corrected chi connectivity index (χ4v) is 4.18. The highest BCUT2D eigenvalue weighted by molar-refractivity contribution is 5.95. The van der Waals surface area contributed by atoms with Crippen LogP contribution in [0.4, 0.5) is 0 Å². The van der Waals surface area contributed by atoms with Gasteiger partial charge in [0, 0.05) is 59.6 Å². The summed E-state index contributed by atoms with van der Waals surface area (Å²) in [4.78, 5) is 42.3. The van der Waals surface area contributed by atoms with Crippen LogP contribution in [0.3, 0.4) is 0 Å². The third kappa shape index (κ3) is 25.1. The van der Waals surface area contributed by atoms with Crippen molar-refractivity contribution in [2.45, 2.75) is 132 Å². The molecule has 0 aromatic heterocycles. The number of ether oxygens (including phenoxy) is 4. The molecule has 6 N–H and O–H groups in total. The minimum Gasteiger partial charge on any atom is -0.490 e. The number of aliphatic hydroxyl groups excluding tert-OH is 2. The zero-order valence-electron chi connectivity index (χ0n) is 34.8. The summed E-state index contributed by atoms with van der Waals surface area (Å²) in [7, 11) is 0. The molecule has 0 aliphatic heterocycles. The van der Waals surface area contributed by atoms with Gasteiger partial charge in [-0.3, -0.25) is 9.59 Å². The second-order valence-electron chi connectivity index (χ2n) is 13.9. The van der Waals surface area contributed by atoms with E-state index in [0.29, 0.717) is 73.2 Å². The molecule has 0 saturated carbocycles. The average Bonchev–Trinajstić information content (AvgIpc) is 3.15. The van der Waals surface area contributed by atoms with Crippen molar-refractivity contribution in [3.8, 4) is 11.5 Å². The lowest BCUT2D eigenvalue weighted by Crippen LogP contribution is -2.35. The predicted octanol–water partition coefficient (Wildman–Crippen LogP) is 5.60. The van der Waals surface area contributed by atoms with Gasteiger partial charge in [-0.15, -0.1) is 0 Å². The quantitative estimate of drug-likeness (QED) is 0.0566. The number of hydrogen-bond donors (Lipinski definition) is 6. The lowest BCUT2D eigenvalue weighted by molar-refractivity contribution is -0.134. The third-order valence-corrected chi connectivity index (χ3v) is 7.88. The Hall–Kier alpha value is -4.18. The monoisotopic (exact) mass is 790 g/mol. The highest BCUT2D eigenvalue weighted by Gasteiger charge is 2.14. The Morgan fingerprint density at radius 3 is 1.23 bits per heavy atom. The Labute approximate surface area is 332 Å². The van der Waals surface area contributed by atoms with Crippen molar-refractivity contribution >= 4 is 23.5 Å². The lowest BCUT2D eigenvalue weighted by Gasteiger charge is -2.18. The van der Waals surface area contributed by atoms with Gasteiger partial charge in [0.2, 0.25) is 0 Å². The summed E-state index contributed by atoms with van der Waals surface area (Å²) in [5.41, 5.74) is 2.92. The van der Waals surface area contributed by atoms with Gasteiger partial charge < -0.3 is 50.0 Å². The van der Waals surface area contributed by atoms with Crippen molar-refractivity contribution < 1.29 is 58.6 Å². The number of aliphatic carboxylic acids is 2. The summed E-state index contributed by atoms with van der Waals surface area (Å²) < 4.78 is 23.0. The first-order valence-corrected chi connectivity index (χ1v) is 19.0. The smallest absolute Gasteiger partial charge is 0.328 e. The van der Waals surface area contributed by atoms with Crippen LogP contribution in [0.5, 0.6) is 11.5 Å². The number of benzene rings is 2. The Bertz CT molecular complexity index is 1380. The molecule has 0 bridgehead atoms. The highest BCUT2D eigenvalue weighted by atomic mass is 16.5. The summed E-state index contributed by atoms with van der Waals surface area (Å²) >= 11 is 0. The normalized spacial score (nSPS) is 13.2. The Balaban J connectivity index is 0.000000905. The zero-order valence-corrected chi connectivity index (χ0v) is 34.8. The number of carbonyl (C=O) groups excluding carboxylic acids is 2. The van der Waals surface area contributed by atoms with E-state index in [-0.39, 0.29) is 37.0 Å². The Morgan fingerprint density at radius 2 is 0.964 bits per heavy atom. The topological polar surface area (TPSA) is 210 Å². The molecule has 2 rings (SSSR count). The maximum atomic E-state index is 11.6. The minimum atomic E-state index is -1.26. The number of Topliss-reactive ketones (excluding diaryl/α,β-unsaturated/α-hetero) is 2. The van der Waals surface area contributed by atoms with Crippen molar-refractivity contribution in [1.29, 1.82) is 0 Å². The van der Waals surface area contributed by atoms with Crippen molar-refractivity contribution in [1.82, 2.24) is 10.6 Å². The standard InChI is InChI=1S/2C19H31NO4.C4H4O4/c2*1-6-14(4)23-11-17-9-16(15(5)21)7-8-19(17)24-12-18(22)10-20-13(2)3;5-3(6)1-2-4(7)8/h2*7-9,13-14,18,20,22H,6,10-12H2,1-5H3;1-2H,(H,5,6)(H,7,8)/b;;2-1+. The van der Waals surface area contributed by atoms with Crippen molar-refractivity contribution in [2.75, 3.05) is 26.3 Å². The number of carboxylic acid groups (broad SMARTS) is 2. The first-order chi connectivity index (χ1) is 26.3. The molecule has 0 aliphatic carbocycles. The lowest BCUT2D eigenvalue weighted by atomic mass is 10.1. The van der Waals surface area contributed by atoms with Crippen molar-refractivity contribution in [2.24, 2.45) is 0 Å². The van der Waals surface area contributed by atoms with Crippen LogP contribution in [0.1, 0.15) is 114 Å². The predicted molar refractivity (Wildman–Crippen MR) is 216 cm³/mol. The molecule has 0 heterocycles. The molecule has 14 nitrogen and oxygen atoms in total. The summed E-state index contributed by atoms with van der Waals surface area (Å²) in [6.07, 6.45) is 2.04. The zero-order chi connectivity index (χ0) is 42.8. The number of carbonyl (C=O) groups is 4. The van der Waals surface area contributed by atoms with Crippen LogP contribution >= 0.6 is 0 Å². The molecule has 2 aromatic carbocycles. The molecule has 0 fully saturated rings. The van der Waals surface area contributed by atoms with E-state index in [1.54, 1.807) is 36.4 Å². The van der Waals surface area contributed by atoms with E-state index < -0.39 is 24.1 Å². The van der Waals surface area contributed by atoms with Gasteiger partial charge in [-0.05, 0) is 76.9 Å². The summed E-state index contributed by atoms with van der Waals surface area (Å²) in [6, 6.07) is 11.3. The van der Waals surface area contributed by atoms with Crippen LogP contribution in [-0.4, -0.2) is 107 Å². The van der Waals surface area contributed by atoms with Crippen molar-refractivity contribution in [3.05, 3.63) is 70.8 Å². The van der Waals surface area contributed by atoms with E-state index in [1.165, 1.54) is 13.8 Å². The first kappa shape index (κ1) is 51.8. The number of rotatable bonds is 24. The summed E-state index contributed by atoms with van der Waals surface area (Å²) in [5.74, 6) is -1.21. The number of nitrogens with one attached hydrogen (secondary N) is 2. The molecule has 14 heteroatoms. The van der Waals surface area contributed by atoms with Gasteiger partial charge in [0.05, 0.1) is 25.4 Å². The molecule has 4 atom stereocenters. The van der Waals surface area contributed by atoms with E-state index >= 15 is 0 Å². The van der Waals surface area contributed by atoms with E-state index in [9.17, 15) is 29.4 Å². The molecule has 0 amide bonds. The molecule has 0 radical (unpaired) electrons. The molecular weight excluding hydrogens is 724 g/mol.